The Kier molecular flexibility index (Phi) is 9.02. The van der Waals surface area contributed by atoms with Gasteiger partial charge in [-0.3, -0.25) is 4.79 Å². The zero-order valence-electron chi connectivity index (χ0n) is 13.4. The fourth-order valence-corrected chi connectivity index (χ4v) is 2.11. The molecule has 4 heteroatoms. The molecular weight excluding hydrogens is 240 g/mol. The fourth-order valence-electron chi connectivity index (χ4n) is 2.11. The van der Waals surface area contributed by atoms with E-state index in [9.17, 15) is 4.79 Å². The van der Waals surface area contributed by atoms with Crippen molar-refractivity contribution in [2.24, 2.45) is 11.1 Å². The molecular formula is C15H32N2O2. The van der Waals surface area contributed by atoms with E-state index in [2.05, 4.69) is 27.7 Å². The van der Waals surface area contributed by atoms with Crippen molar-refractivity contribution in [3.8, 4) is 0 Å². The van der Waals surface area contributed by atoms with E-state index in [1.165, 1.54) is 0 Å². The van der Waals surface area contributed by atoms with Gasteiger partial charge in [-0.15, -0.1) is 0 Å². The second kappa shape index (κ2) is 9.32. The van der Waals surface area contributed by atoms with E-state index in [4.69, 9.17) is 10.5 Å². The summed E-state index contributed by atoms with van der Waals surface area (Å²) in [5.74, 6) is 0.233. The normalized spacial score (nSPS) is 13.4. The average Bonchev–Trinajstić information content (AvgIpc) is 2.36. The molecule has 4 nitrogen and oxygen atoms in total. The zero-order chi connectivity index (χ0) is 14.9. The monoisotopic (exact) mass is 272 g/mol. The number of nitrogens with zero attached hydrogens (tertiary/aromatic N) is 1. The Morgan fingerprint density at radius 1 is 1.37 bits per heavy atom. The molecule has 0 aromatic rings. The topological polar surface area (TPSA) is 55.6 Å². The van der Waals surface area contributed by atoms with Gasteiger partial charge in [0, 0.05) is 26.1 Å². The van der Waals surface area contributed by atoms with Gasteiger partial charge in [0.05, 0.1) is 6.61 Å². The number of amides is 1. The summed E-state index contributed by atoms with van der Waals surface area (Å²) in [6.07, 6.45) is 3.42. The molecule has 0 heterocycles. The molecule has 114 valence electrons. The largest absolute Gasteiger partial charge is 0.383 e. The highest BCUT2D eigenvalue weighted by Crippen LogP contribution is 2.26. The van der Waals surface area contributed by atoms with Crippen LogP contribution in [-0.2, 0) is 9.53 Å². The first-order chi connectivity index (χ1) is 8.87. The van der Waals surface area contributed by atoms with Crippen LogP contribution in [0.5, 0.6) is 0 Å². The Hall–Kier alpha value is -0.610. The highest BCUT2D eigenvalue weighted by Gasteiger charge is 2.23. The van der Waals surface area contributed by atoms with E-state index in [0.29, 0.717) is 26.1 Å². The van der Waals surface area contributed by atoms with Gasteiger partial charge in [0.25, 0.3) is 0 Å². The number of hydrogen-bond donors (Lipinski definition) is 1. The second-order valence-electron chi connectivity index (χ2n) is 6.04. The fraction of sp³-hybridized carbons (Fsp3) is 0.933. The van der Waals surface area contributed by atoms with Gasteiger partial charge in [-0.05, 0) is 38.1 Å². The van der Waals surface area contributed by atoms with Gasteiger partial charge in [-0.2, -0.15) is 0 Å². The summed E-state index contributed by atoms with van der Waals surface area (Å²) in [6.45, 7) is 10.5. The Morgan fingerprint density at radius 2 is 2.00 bits per heavy atom. The molecule has 0 bridgehead atoms. The van der Waals surface area contributed by atoms with Crippen LogP contribution in [0.1, 0.15) is 53.4 Å². The molecule has 0 aliphatic carbocycles. The molecule has 0 aliphatic rings. The van der Waals surface area contributed by atoms with Gasteiger partial charge in [-0.25, -0.2) is 0 Å². The smallest absolute Gasteiger partial charge is 0.222 e. The quantitative estimate of drug-likeness (QED) is 0.664. The molecule has 0 saturated carbocycles. The number of methoxy groups -OCH3 is 1. The van der Waals surface area contributed by atoms with Crippen molar-refractivity contribution in [1.82, 2.24) is 4.90 Å². The van der Waals surface area contributed by atoms with Gasteiger partial charge in [-0.1, -0.05) is 20.8 Å². The molecule has 0 aliphatic heterocycles. The van der Waals surface area contributed by atoms with Gasteiger partial charge >= 0.3 is 0 Å². The Bertz CT molecular complexity index is 255. The molecule has 1 unspecified atom stereocenters. The van der Waals surface area contributed by atoms with Crippen molar-refractivity contribution in [3.05, 3.63) is 0 Å². The average molecular weight is 272 g/mol. The third kappa shape index (κ3) is 7.53. The summed E-state index contributed by atoms with van der Waals surface area (Å²) in [5.41, 5.74) is 5.75. The van der Waals surface area contributed by atoms with E-state index < -0.39 is 0 Å². The van der Waals surface area contributed by atoms with Gasteiger partial charge in [0.2, 0.25) is 5.91 Å². The maximum absolute atomic E-state index is 12.3. The van der Waals surface area contributed by atoms with Gasteiger partial charge in [0.1, 0.15) is 0 Å². The first-order valence-electron chi connectivity index (χ1n) is 7.36. The van der Waals surface area contributed by atoms with Crippen molar-refractivity contribution in [1.29, 1.82) is 0 Å². The first-order valence-corrected chi connectivity index (χ1v) is 7.36. The molecule has 19 heavy (non-hydrogen) atoms. The highest BCUT2D eigenvalue weighted by atomic mass is 16.5. The molecule has 2 N–H and O–H groups in total. The van der Waals surface area contributed by atoms with E-state index in [-0.39, 0.29) is 17.4 Å². The number of ether oxygens (including phenoxy) is 1. The summed E-state index contributed by atoms with van der Waals surface area (Å²) < 4.78 is 5.09. The van der Waals surface area contributed by atoms with E-state index >= 15 is 0 Å². The van der Waals surface area contributed by atoms with Crippen molar-refractivity contribution in [3.63, 3.8) is 0 Å². The molecule has 0 radical (unpaired) electrons. The number of hydrogen-bond acceptors (Lipinski definition) is 3. The Labute approximate surface area is 118 Å². The lowest BCUT2D eigenvalue weighted by molar-refractivity contribution is -0.134. The maximum Gasteiger partial charge on any atom is 0.222 e. The minimum atomic E-state index is 0.146. The maximum atomic E-state index is 12.3. The lowest BCUT2D eigenvalue weighted by Gasteiger charge is -2.30. The predicted octanol–water partition coefficient (Wildman–Crippen LogP) is 2.42. The molecule has 0 aromatic heterocycles. The van der Waals surface area contributed by atoms with Crippen LogP contribution in [-0.4, -0.2) is 43.7 Å². The number of rotatable bonds is 10. The Morgan fingerprint density at radius 3 is 2.47 bits per heavy atom. The third-order valence-electron chi connectivity index (χ3n) is 3.82. The number of nitrogens with two attached hydrogens (primary N) is 1. The lowest BCUT2D eigenvalue weighted by Crippen LogP contribution is -2.40. The predicted molar refractivity (Wildman–Crippen MR) is 80.0 cm³/mol. The summed E-state index contributed by atoms with van der Waals surface area (Å²) >= 11 is 0. The van der Waals surface area contributed by atoms with Crippen LogP contribution in [0.4, 0.5) is 0 Å². The lowest BCUT2D eigenvalue weighted by atomic mass is 9.84. The van der Waals surface area contributed by atoms with Crippen molar-refractivity contribution >= 4 is 5.91 Å². The Balaban J connectivity index is 4.39. The molecule has 1 atom stereocenters. The summed E-state index contributed by atoms with van der Waals surface area (Å²) in [4.78, 5) is 14.3. The highest BCUT2D eigenvalue weighted by molar-refractivity contribution is 5.76. The van der Waals surface area contributed by atoms with Crippen LogP contribution in [0.2, 0.25) is 0 Å². The molecule has 0 aromatic carbocycles. The zero-order valence-corrected chi connectivity index (χ0v) is 13.4. The van der Waals surface area contributed by atoms with Crippen molar-refractivity contribution < 1.29 is 9.53 Å². The van der Waals surface area contributed by atoms with Gasteiger partial charge in [0.15, 0.2) is 0 Å². The second-order valence-corrected chi connectivity index (χ2v) is 6.04. The third-order valence-corrected chi connectivity index (χ3v) is 3.82. The van der Waals surface area contributed by atoms with E-state index in [0.717, 1.165) is 19.3 Å². The molecule has 0 rings (SSSR count). The standard InChI is InChI=1S/C15H32N2O2/c1-6-13(2)17(11-12-19-5)14(18)7-8-15(3,4)9-10-16/h13H,6-12,16H2,1-5H3. The van der Waals surface area contributed by atoms with E-state index in [1.54, 1.807) is 7.11 Å². The minimum Gasteiger partial charge on any atom is -0.383 e. The van der Waals surface area contributed by atoms with Crippen LogP contribution < -0.4 is 5.73 Å². The SMILES string of the molecule is CCC(C)N(CCOC)C(=O)CCC(C)(C)CCN. The van der Waals surface area contributed by atoms with Crippen LogP contribution in [0, 0.1) is 5.41 Å². The van der Waals surface area contributed by atoms with Crippen molar-refractivity contribution in [2.75, 3.05) is 26.8 Å². The van der Waals surface area contributed by atoms with Crippen molar-refractivity contribution in [2.45, 2.75) is 59.4 Å². The molecule has 0 saturated heterocycles. The summed E-state index contributed by atoms with van der Waals surface area (Å²) in [6, 6.07) is 0.278. The summed E-state index contributed by atoms with van der Waals surface area (Å²) in [7, 11) is 1.67. The first kappa shape index (κ1) is 18.4. The van der Waals surface area contributed by atoms with Crippen LogP contribution in [0.15, 0.2) is 0 Å². The minimum absolute atomic E-state index is 0.146. The molecule has 1 amide bonds. The molecule has 0 fully saturated rings. The number of carbonyl (C=O) groups is 1. The number of carbonyl (C=O) groups excluding carboxylic acids is 1. The van der Waals surface area contributed by atoms with Crippen LogP contribution >= 0.6 is 0 Å². The van der Waals surface area contributed by atoms with E-state index in [1.807, 2.05) is 4.90 Å². The van der Waals surface area contributed by atoms with Crippen LogP contribution in [0.3, 0.4) is 0 Å². The van der Waals surface area contributed by atoms with Gasteiger partial charge < -0.3 is 15.4 Å². The molecule has 0 spiro atoms. The summed E-state index contributed by atoms with van der Waals surface area (Å²) in [5, 5.41) is 0. The van der Waals surface area contributed by atoms with Crippen LogP contribution in [0.25, 0.3) is 0 Å².